The Labute approximate surface area is 192 Å². The van der Waals surface area contributed by atoms with E-state index < -0.39 is 0 Å². The quantitative estimate of drug-likeness (QED) is 0.407. The van der Waals surface area contributed by atoms with Crippen LogP contribution in [0.3, 0.4) is 0 Å². The van der Waals surface area contributed by atoms with Gasteiger partial charge in [-0.3, -0.25) is 4.79 Å². The van der Waals surface area contributed by atoms with E-state index in [0.717, 1.165) is 47.3 Å². The summed E-state index contributed by atoms with van der Waals surface area (Å²) in [4.78, 5) is 22.5. The van der Waals surface area contributed by atoms with E-state index in [2.05, 4.69) is 15.4 Å². The van der Waals surface area contributed by atoms with Crippen LogP contribution in [0.4, 0.5) is 0 Å². The van der Waals surface area contributed by atoms with Crippen molar-refractivity contribution in [3.63, 3.8) is 0 Å². The Balaban J connectivity index is 1.34. The molecule has 3 heterocycles. The van der Waals surface area contributed by atoms with E-state index in [1.807, 2.05) is 62.4 Å². The molecule has 4 aromatic rings. The minimum atomic E-state index is -0.108. The summed E-state index contributed by atoms with van der Waals surface area (Å²) in [6.07, 6.45) is 4.66. The Hall–Kier alpha value is -3.74. The van der Waals surface area contributed by atoms with E-state index >= 15 is 0 Å². The average Bonchev–Trinajstić information content (AvgIpc) is 3.62. The van der Waals surface area contributed by atoms with Gasteiger partial charge >= 0.3 is 0 Å². The summed E-state index contributed by atoms with van der Waals surface area (Å²) < 4.78 is 7.53. The number of carbonyl (C=O) groups excluding carboxylic acids is 1. The summed E-state index contributed by atoms with van der Waals surface area (Å²) in [6, 6.07) is 15.6. The Morgan fingerprint density at radius 1 is 1.15 bits per heavy atom. The van der Waals surface area contributed by atoms with Gasteiger partial charge in [-0.2, -0.15) is 9.78 Å². The molecule has 0 saturated heterocycles. The summed E-state index contributed by atoms with van der Waals surface area (Å²) in [7, 11) is 0. The summed E-state index contributed by atoms with van der Waals surface area (Å²) in [5.41, 5.74) is 4.19. The van der Waals surface area contributed by atoms with E-state index in [0.29, 0.717) is 36.1 Å². The van der Waals surface area contributed by atoms with Gasteiger partial charge in [-0.05, 0) is 69.0 Å². The molecule has 0 bridgehead atoms. The van der Waals surface area contributed by atoms with Gasteiger partial charge in [0.1, 0.15) is 5.75 Å². The van der Waals surface area contributed by atoms with E-state index in [1.165, 1.54) is 0 Å². The van der Waals surface area contributed by atoms with Gasteiger partial charge < -0.3 is 10.1 Å². The van der Waals surface area contributed by atoms with Crippen LogP contribution >= 0.6 is 0 Å². The highest BCUT2D eigenvalue weighted by Gasteiger charge is 2.29. The molecule has 3 aromatic heterocycles. The molecule has 0 atom stereocenters. The molecule has 1 aliphatic carbocycles. The van der Waals surface area contributed by atoms with E-state index in [-0.39, 0.29) is 5.91 Å². The largest absolute Gasteiger partial charge is 0.494 e. The summed E-state index contributed by atoms with van der Waals surface area (Å²) in [5.74, 6) is 1.85. The number of nitrogens with one attached hydrogen (secondary N) is 1. The fourth-order valence-electron chi connectivity index (χ4n) is 3.98. The van der Waals surface area contributed by atoms with Crippen LogP contribution in [0.25, 0.3) is 16.9 Å². The molecule has 1 N–H and O–H groups in total. The van der Waals surface area contributed by atoms with Crippen LogP contribution < -0.4 is 10.1 Å². The number of rotatable bonds is 8. The molecule has 1 aliphatic rings. The normalized spacial score (nSPS) is 13.3. The van der Waals surface area contributed by atoms with Crippen LogP contribution in [0.1, 0.15) is 52.5 Å². The van der Waals surface area contributed by atoms with Crippen LogP contribution in [-0.2, 0) is 0 Å². The second-order valence-corrected chi connectivity index (χ2v) is 8.53. The Morgan fingerprint density at radius 2 is 2.03 bits per heavy atom. The second kappa shape index (κ2) is 9.02. The summed E-state index contributed by atoms with van der Waals surface area (Å²) >= 11 is 0. The topological polar surface area (TPSA) is 81.9 Å². The van der Waals surface area contributed by atoms with E-state index in [1.54, 1.807) is 10.9 Å². The summed E-state index contributed by atoms with van der Waals surface area (Å²) in [5, 5.41) is 8.49. The first-order valence-electron chi connectivity index (χ1n) is 11.4. The maximum atomic E-state index is 13.2. The number of aryl methyl sites for hydroxylation is 2. The number of hydrogen-bond acceptors (Lipinski definition) is 5. The number of amides is 1. The first-order chi connectivity index (χ1) is 16.1. The molecule has 1 saturated carbocycles. The minimum Gasteiger partial charge on any atom is -0.494 e. The van der Waals surface area contributed by atoms with Crippen molar-refractivity contribution in [1.82, 2.24) is 25.1 Å². The first kappa shape index (κ1) is 21.1. The summed E-state index contributed by atoms with van der Waals surface area (Å²) in [6.45, 7) is 5.02. The zero-order chi connectivity index (χ0) is 22.8. The highest BCUT2D eigenvalue weighted by molar-refractivity contribution is 6.06. The molecule has 7 heteroatoms. The lowest BCUT2D eigenvalue weighted by Crippen LogP contribution is -2.26. The number of fused-ring (bicyclic) bond motifs is 1. The van der Waals surface area contributed by atoms with Crippen molar-refractivity contribution in [1.29, 1.82) is 0 Å². The zero-order valence-corrected chi connectivity index (χ0v) is 18.9. The maximum Gasteiger partial charge on any atom is 0.252 e. The van der Waals surface area contributed by atoms with Crippen molar-refractivity contribution in [3.05, 3.63) is 77.2 Å². The smallest absolute Gasteiger partial charge is 0.252 e. The van der Waals surface area contributed by atoms with Gasteiger partial charge in [-0.1, -0.05) is 18.2 Å². The molecule has 7 nitrogen and oxygen atoms in total. The van der Waals surface area contributed by atoms with Crippen LogP contribution in [0, 0.1) is 13.8 Å². The SMILES string of the molecule is Cc1cccc(OCCCNC(=O)c2cc(C3CC3)nc3c2c(C)nn3-c2ccccn2)c1. The first-order valence-corrected chi connectivity index (χ1v) is 11.4. The van der Waals surface area contributed by atoms with Gasteiger partial charge in [-0.15, -0.1) is 0 Å². The van der Waals surface area contributed by atoms with Crippen LogP contribution in [-0.4, -0.2) is 38.8 Å². The highest BCUT2D eigenvalue weighted by Crippen LogP contribution is 2.40. The number of pyridine rings is 2. The molecule has 0 aliphatic heterocycles. The number of aromatic nitrogens is 4. The number of hydrogen-bond donors (Lipinski definition) is 1. The third kappa shape index (κ3) is 4.58. The van der Waals surface area contributed by atoms with Gasteiger partial charge in [0.15, 0.2) is 11.5 Å². The van der Waals surface area contributed by atoms with Gasteiger partial charge in [0, 0.05) is 24.4 Å². The van der Waals surface area contributed by atoms with Gasteiger partial charge in [0.2, 0.25) is 0 Å². The van der Waals surface area contributed by atoms with Crippen LogP contribution in [0.15, 0.2) is 54.7 Å². The molecular formula is C26H27N5O2. The van der Waals surface area contributed by atoms with Crippen molar-refractivity contribution in [2.24, 2.45) is 0 Å². The van der Waals surface area contributed by atoms with Gasteiger partial charge in [0.25, 0.3) is 5.91 Å². The van der Waals surface area contributed by atoms with Crippen molar-refractivity contribution in [3.8, 4) is 11.6 Å². The van der Waals surface area contributed by atoms with Crippen LogP contribution in [0.5, 0.6) is 5.75 Å². The molecule has 0 unspecified atom stereocenters. The molecule has 1 fully saturated rings. The molecular weight excluding hydrogens is 414 g/mol. The van der Waals surface area contributed by atoms with E-state index in [9.17, 15) is 4.79 Å². The predicted octanol–water partition coefficient (Wildman–Crippen LogP) is 4.51. The van der Waals surface area contributed by atoms with Crippen molar-refractivity contribution in [2.75, 3.05) is 13.2 Å². The third-order valence-electron chi connectivity index (χ3n) is 5.80. The minimum absolute atomic E-state index is 0.108. The fraction of sp³-hybridized carbons (Fsp3) is 0.308. The Bertz CT molecular complexity index is 1300. The number of carbonyl (C=O) groups is 1. The lowest BCUT2D eigenvalue weighted by molar-refractivity contribution is 0.0953. The monoisotopic (exact) mass is 441 g/mol. The van der Waals surface area contributed by atoms with E-state index in [4.69, 9.17) is 9.72 Å². The third-order valence-corrected chi connectivity index (χ3v) is 5.80. The lowest BCUT2D eigenvalue weighted by Gasteiger charge is -2.10. The van der Waals surface area contributed by atoms with Crippen molar-refractivity contribution >= 4 is 16.9 Å². The Kier molecular flexibility index (Phi) is 5.77. The Morgan fingerprint density at radius 3 is 2.79 bits per heavy atom. The van der Waals surface area contributed by atoms with Crippen LogP contribution in [0.2, 0.25) is 0 Å². The molecule has 0 spiro atoms. The maximum absolute atomic E-state index is 13.2. The highest BCUT2D eigenvalue weighted by atomic mass is 16.5. The molecule has 5 rings (SSSR count). The number of nitrogens with zero attached hydrogens (tertiary/aromatic N) is 4. The average molecular weight is 442 g/mol. The van der Waals surface area contributed by atoms with Crippen molar-refractivity contribution in [2.45, 2.75) is 39.0 Å². The fourth-order valence-corrected chi connectivity index (χ4v) is 3.98. The molecule has 1 aromatic carbocycles. The number of benzene rings is 1. The second-order valence-electron chi connectivity index (χ2n) is 8.53. The zero-order valence-electron chi connectivity index (χ0n) is 18.9. The standard InChI is InChI=1S/C26H27N5O2/c1-17-7-5-8-20(15-17)33-14-6-13-28-26(32)21-16-22(19-10-11-19)29-25-24(21)18(2)30-31(25)23-9-3-4-12-27-23/h3-5,7-9,12,15-16,19H,6,10-11,13-14H2,1-2H3,(H,28,32). The lowest BCUT2D eigenvalue weighted by atomic mass is 10.1. The molecule has 168 valence electrons. The number of ether oxygens (including phenoxy) is 1. The van der Waals surface area contributed by atoms with Gasteiger partial charge in [0.05, 0.1) is 23.3 Å². The molecule has 33 heavy (non-hydrogen) atoms. The van der Waals surface area contributed by atoms with Gasteiger partial charge in [-0.25, -0.2) is 9.97 Å². The van der Waals surface area contributed by atoms with Crippen molar-refractivity contribution < 1.29 is 9.53 Å². The molecule has 1 amide bonds. The predicted molar refractivity (Wildman–Crippen MR) is 127 cm³/mol. The molecule has 0 radical (unpaired) electrons.